The molecule has 2 aliphatic rings. The van der Waals surface area contributed by atoms with Crippen molar-refractivity contribution >= 4 is 16.0 Å². The number of hydrogen-bond donors (Lipinski definition) is 0. The van der Waals surface area contributed by atoms with Crippen molar-refractivity contribution in [2.45, 2.75) is 24.9 Å². The van der Waals surface area contributed by atoms with Crippen molar-refractivity contribution in [1.29, 1.82) is 0 Å². The molecule has 0 amide bonds. The van der Waals surface area contributed by atoms with Gasteiger partial charge in [0.1, 0.15) is 11.9 Å². The minimum atomic E-state index is -4.04. The van der Waals surface area contributed by atoms with Crippen molar-refractivity contribution in [1.82, 2.24) is 8.61 Å². The first-order chi connectivity index (χ1) is 20.8. The van der Waals surface area contributed by atoms with E-state index in [0.717, 1.165) is 18.4 Å². The lowest BCUT2D eigenvalue weighted by Crippen LogP contribution is -2.46. The number of nitrogens with zero attached hydrogens (tertiary/aromatic N) is 3. The zero-order valence-corrected chi connectivity index (χ0v) is 26.0. The molecular weight excluding hydrogens is 574 g/mol. The second-order valence-corrected chi connectivity index (χ2v) is 11.9. The zero-order chi connectivity index (χ0) is 30.7. The highest BCUT2D eigenvalue weighted by atomic mass is 32.2. The van der Waals surface area contributed by atoms with Gasteiger partial charge >= 0.3 is 10.2 Å². The average Bonchev–Trinajstić information content (AvgIpc) is 3.74. The standard InChI is InChI=1S/C31H37N3O8S/c1-37-23-12-9-20(17-26(23)40-4)29-30(21-10-13-24(38-2)27(18-21)41-5)34(43(35,36)33-15-7-8-16-33)31(32-29)22-11-14-25(39-3)28(19-22)42-6/h9-14,17-19,29-30H,7-8,15-16H2,1-6H3. The third kappa shape index (κ3) is 5.52. The lowest BCUT2D eigenvalue weighted by molar-refractivity contribution is 0.347. The number of rotatable bonds is 11. The molecule has 1 saturated heterocycles. The summed E-state index contributed by atoms with van der Waals surface area (Å²) in [5.41, 5.74) is 1.99. The first-order valence-electron chi connectivity index (χ1n) is 13.8. The van der Waals surface area contributed by atoms with Crippen molar-refractivity contribution in [2.24, 2.45) is 4.99 Å². The van der Waals surface area contributed by atoms with E-state index >= 15 is 0 Å². The first-order valence-corrected chi connectivity index (χ1v) is 15.2. The number of aliphatic imine (C=N–C) groups is 1. The monoisotopic (exact) mass is 611 g/mol. The fourth-order valence-corrected chi connectivity index (χ4v) is 7.50. The van der Waals surface area contributed by atoms with Crippen LogP contribution >= 0.6 is 0 Å². The third-order valence-electron chi connectivity index (χ3n) is 7.80. The maximum atomic E-state index is 14.6. The number of benzene rings is 3. The van der Waals surface area contributed by atoms with Gasteiger partial charge in [-0.25, -0.2) is 4.31 Å². The Balaban J connectivity index is 1.78. The van der Waals surface area contributed by atoms with Crippen molar-refractivity contribution in [3.05, 3.63) is 71.3 Å². The average molecular weight is 612 g/mol. The summed E-state index contributed by atoms with van der Waals surface area (Å²) < 4.78 is 65.3. The highest BCUT2D eigenvalue weighted by Gasteiger charge is 2.48. The molecule has 0 radical (unpaired) electrons. The predicted octanol–water partition coefficient (Wildman–Crippen LogP) is 4.62. The molecule has 3 aromatic carbocycles. The summed E-state index contributed by atoms with van der Waals surface area (Å²) in [6, 6.07) is 14.8. The Morgan fingerprint density at radius 1 is 0.628 bits per heavy atom. The maximum absolute atomic E-state index is 14.6. The molecule has 0 bridgehead atoms. The summed E-state index contributed by atoms with van der Waals surface area (Å²) in [6.07, 6.45) is 1.58. The van der Waals surface area contributed by atoms with Gasteiger partial charge in [-0.2, -0.15) is 12.7 Å². The summed E-state index contributed by atoms with van der Waals surface area (Å²) in [6.45, 7) is 0.857. The summed E-state index contributed by atoms with van der Waals surface area (Å²) in [7, 11) is 5.28. The first kappa shape index (κ1) is 30.3. The highest BCUT2D eigenvalue weighted by molar-refractivity contribution is 7.87. The van der Waals surface area contributed by atoms with Gasteiger partial charge in [-0.15, -0.1) is 0 Å². The lowest BCUT2D eigenvalue weighted by Gasteiger charge is -2.33. The van der Waals surface area contributed by atoms with Gasteiger partial charge in [-0.1, -0.05) is 12.1 Å². The molecule has 11 nitrogen and oxygen atoms in total. The fraction of sp³-hybridized carbons (Fsp3) is 0.387. The zero-order valence-electron chi connectivity index (χ0n) is 25.2. The van der Waals surface area contributed by atoms with E-state index in [1.54, 1.807) is 71.9 Å². The molecule has 2 unspecified atom stereocenters. The highest BCUT2D eigenvalue weighted by Crippen LogP contribution is 2.49. The van der Waals surface area contributed by atoms with Crippen molar-refractivity contribution in [2.75, 3.05) is 55.7 Å². The molecule has 2 aliphatic heterocycles. The molecule has 2 heterocycles. The van der Waals surface area contributed by atoms with Gasteiger partial charge in [0.15, 0.2) is 34.5 Å². The molecule has 0 saturated carbocycles. The minimum absolute atomic E-state index is 0.285. The van der Waals surface area contributed by atoms with E-state index in [0.29, 0.717) is 58.7 Å². The second-order valence-electron chi connectivity index (χ2n) is 10.1. The van der Waals surface area contributed by atoms with Crippen LogP contribution in [0.1, 0.15) is 41.6 Å². The minimum Gasteiger partial charge on any atom is -0.493 e. The molecule has 0 aromatic heterocycles. The molecule has 0 spiro atoms. The SMILES string of the molecule is COc1ccc(C2=NC(c3ccc(OC)c(OC)c3)C(c3ccc(OC)c(OC)c3)N2S(=O)(=O)N2CCCC2)cc1OC. The van der Waals surface area contributed by atoms with Crippen molar-refractivity contribution < 1.29 is 36.8 Å². The van der Waals surface area contributed by atoms with Crippen LogP contribution in [-0.2, 0) is 10.2 Å². The molecule has 0 aliphatic carbocycles. The normalized spacial score (nSPS) is 18.7. The number of ether oxygens (including phenoxy) is 6. The van der Waals surface area contributed by atoms with Crippen LogP contribution in [0.4, 0.5) is 0 Å². The van der Waals surface area contributed by atoms with E-state index in [4.69, 9.17) is 33.4 Å². The van der Waals surface area contributed by atoms with Crippen LogP contribution in [0.5, 0.6) is 34.5 Å². The number of amidine groups is 1. The molecular formula is C31H37N3O8S. The summed E-state index contributed by atoms with van der Waals surface area (Å²) in [4.78, 5) is 5.14. The molecule has 12 heteroatoms. The lowest BCUT2D eigenvalue weighted by atomic mass is 9.94. The maximum Gasteiger partial charge on any atom is 0.305 e. The van der Waals surface area contributed by atoms with Gasteiger partial charge in [0.05, 0.1) is 48.7 Å². The van der Waals surface area contributed by atoms with Crippen LogP contribution in [0.15, 0.2) is 59.6 Å². The summed E-state index contributed by atoms with van der Waals surface area (Å²) in [5.74, 6) is 3.33. The fourth-order valence-electron chi connectivity index (χ4n) is 5.64. The van der Waals surface area contributed by atoms with Crippen molar-refractivity contribution in [3.8, 4) is 34.5 Å². The Kier molecular flexibility index (Phi) is 8.88. The Morgan fingerprint density at radius 2 is 1.09 bits per heavy atom. The van der Waals surface area contributed by atoms with Gasteiger partial charge in [-0.05, 0) is 66.4 Å². The van der Waals surface area contributed by atoms with Gasteiger partial charge in [0, 0.05) is 18.7 Å². The smallest absolute Gasteiger partial charge is 0.305 e. The second kappa shape index (κ2) is 12.6. The van der Waals surface area contributed by atoms with Crippen LogP contribution in [0.25, 0.3) is 0 Å². The van der Waals surface area contributed by atoms with Gasteiger partial charge in [-0.3, -0.25) is 4.99 Å². The van der Waals surface area contributed by atoms with Crippen LogP contribution in [0.3, 0.4) is 0 Å². The molecule has 1 fully saturated rings. The van der Waals surface area contributed by atoms with Crippen LogP contribution < -0.4 is 28.4 Å². The topological polar surface area (TPSA) is 108 Å². The molecule has 0 N–H and O–H groups in total. The summed E-state index contributed by atoms with van der Waals surface area (Å²) >= 11 is 0. The molecule has 3 aromatic rings. The Bertz CT molecular complexity index is 1600. The molecule has 43 heavy (non-hydrogen) atoms. The van der Waals surface area contributed by atoms with E-state index in [-0.39, 0.29) is 5.84 Å². The van der Waals surface area contributed by atoms with Gasteiger partial charge in [0.25, 0.3) is 0 Å². The summed E-state index contributed by atoms with van der Waals surface area (Å²) in [5, 5.41) is 0. The van der Waals surface area contributed by atoms with E-state index < -0.39 is 22.3 Å². The molecule has 230 valence electrons. The van der Waals surface area contributed by atoms with E-state index in [1.807, 2.05) is 18.2 Å². The van der Waals surface area contributed by atoms with Gasteiger partial charge < -0.3 is 28.4 Å². The molecule has 5 rings (SSSR count). The Hall–Kier alpha value is -4.16. The van der Waals surface area contributed by atoms with Crippen molar-refractivity contribution in [3.63, 3.8) is 0 Å². The van der Waals surface area contributed by atoms with E-state index in [9.17, 15) is 8.42 Å². The van der Waals surface area contributed by atoms with Crippen LogP contribution in [0, 0.1) is 0 Å². The van der Waals surface area contributed by atoms with E-state index in [1.165, 1.54) is 15.7 Å². The molecule has 2 atom stereocenters. The quantitative estimate of drug-likeness (QED) is 0.309. The van der Waals surface area contributed by atoms with Crippen LogP contribution in [0.2, 0.25) is 0 Å². The van der Waals surface area contributed by atoms with Crippen LogP contribution in [-0.4, -0.2) is 78.6 Å². The van der Waals surface area contributed by atoms with Gasteiger partial charge in [0.2, 0.25) is 0 Å². The number of hydrogen-bond acceptors (Lipinski definition) is 9. The van der Waals surface area contributed by atoms with E-state index in [2.05, 4.69) is 0 Å². The Labute approximate surface area is 252 Å². The predicted molar refractivity (Wildman–Crippen MR) is 162 cm³/mol. The largest absolute Gasteiger partial charge is 0.493 e. The third-order valence-corrected chi connectivity index (χ3v) is 9.72. The Morgan fingerprint density at radius 3 is 1.63 bits per heavy atom. The number of methoxy groups -OCH3 is 6.